The van der Waals surface area contributed by atoms with Crippen molar-refractivity contribution in [1.82, 2.24) is 5.43 Å². The van der Waals surface area contributed by atoms with E-state index in [2.05, 4.69) is 10.2 Å². The zero-order valence-corrected chi connectivity index (χ0v) is 10.2. The Morgan fingerprint density at radius 3 is 2.37 bits per heavy atom. The van der Waals surface area contributed by atoms with E-state index < -0.39 is 25.0 Å². The van der Waals surface area contributed by atoms with Crippen molar-refractivity contribution in [2.45, 2.75) is 24.8 Å². The van der Waals surface area contributed by atoms with Crippen LogP contribution < -0.4 is 11.3 Å². The summed E-state index contributed by atoms with van der Waals surface area (Å²) < 4.78 is 53.6. The van der Waals surface area contributed by atoms with Crippen LogP contribution in [0.25, 0.3) is 0 Å². The molecule has 3 N–H and O–H groups in total. The molecular formula is C12H16F4N2O. The van der Waals surface area contributed by atoms with E-state index >= 15 is 0 Å². The van der Waals surface area contributed by atoms with Crippen molar-refractivity contribution < 1.29 is 22.3 Å². The second-order valence-corrected chi connectivity index (χ2v) is 4.13. The van der Waals surface area contributed by atoms with Gasteiger partial charge in [-0.05, 0) is 12.0 Å². The first-order valence-electron chi connectivity index (χ1n) is 5.69. The molecule has 0 spiro atoms. The second-order valence-electron chi connectivity index (χ2n) is 4.13. The zero-order valence-electron chi connectivity index (χ0n) is 10.2. The highest BCUT2D eigenvalue weighted by Gasteiger charge is 2.41. The van der Waals surface area contributed by atoms with E-state index in [1.807, 2.05) is 30.3 Å². The number of halogens is 4. The average Bonchev–Trinajstić information content (AvgIpc) is 2.38. The molecule has 1 rings (SSSR count). The first-order valence-corrected chi connectivity index (χ1v) is 5.69. The number of rotatable bonds is 8. The summed E-state index contributed by atoms with van der Waals surface area (Å²) in [5.74, 6) is 1.13. The Kier molecular flexibility index (Phi) is 6.20. The summed E-state index contributed by atoms with van der Waals surface area (Å²) in [4.78, 5) is 0. The Hall–Kier alpha value is -1.18. The molecule has 7 heteroatoms. The number of hydrogen-bond donors (Lipinski definition) is 2. The number of nitrogens with two attached hydrogens (primary N) is 1. The number of benzene rings is 1. The normalized spacial score (nSPS) is 13.8. The zero-order chi connectivity index (χ0) is 14.3. The Balaban J connectivity index is 2.38. The van der Waals surface area contributed by atoms with E-state index in [-0.39, 0.29) is 6.61 Å². The van der Waals surface area contributed by atoms with E-state index in [0.717, 1.165) is 5.56 Å². The van der Waals surface area contributed by atoms with Gasteiger partial charge >= 0.3 is 12.3 Å². The Morgan fingerprint density at radius 1 is 1.21 bits per heavy atom. The van der Waals surface area contributed by atoms with Gasteiger partial charge in [-0.3, -0.25) is 11.3 Å². The average molecular weight is 280 g/mol. The molecule has 0 saturated heterocycles. The molecule has 1 aromatic rings. The molecule has 19 heavy (non-hydrogen) atoms. The molecule has 0 aromatic heterocycles. The van der Waals surface area contributed by atoms with Gasteiger partial charge in [0.2, 0.25) is 0 Å². The Bertz CT molecular complexity index is 362. The van der Waals surface area contributed by atoms with Crippen molar-refractivity contribution in [1.29, 1.82) is 0 Å². The maximum Gasteiger partial charge on any atom is 0.330 e. The maximum atomic E-state index is 12.6. The van der Waals surface area contributed by atoms with Gasteiger partial charge in [0, 0.05) is 6.04 Å². The fourth-order valence-electron chi connectivity index (χ4n) is 1.46. The lowest BCUT2D eigenvalue weighted by atomic mass is 10.1. The van der Waals surface area contributed by atoms with E-state index in [9.17, 15) is 17.6 Å². The van der Waals surface area contributed by atoms with Gasteiger partial charge in [0.1, 0.15) is 6.61 Å². The van der Waals surface area contributed by atoms with Crippen molar-refractivity contribution in [3.8, 4) is 0 Å². The van der Waals surface area contributed by atoms with Crippen LogP contribution in [-0.4, -0.2) is 31.6 Å². The van der Waals surface area contributed by atoms with Crippen LogP contribution in [0.5, 0.6) is 0 Å². The van der Waals surface area contributed by atoms with Crippen LogP contribution in [0, 0.1) is 0 Å². The Morgan fingerprint density at radius 2 is 1.84 bits per heavy atom. The molecule has 1 unspecified atom stereocenters. The van der Waals surface area contributed by atoms with Crippen molar-refractivity contribution in [3.63, 3.8) is 0 Å². The summed E-state index contributed by atoms with van der Waals surface area (Å²) in [6, 6.07) is 8.77. The molecular weight excluding hydrogens is 264 g/mol. The van der Waals surface area contributed by atoms with Crippen molar-refractivity contribution in [3.05, 3.63) is 35.9 Å². The molecule has 3 nitrogen and oxygen atoms in total. The lowest BCUT2D eigenvalue weighted by molar-refractivity contribution is -0.167. The van der Waals surface area contributed by atoms with Gasteiger partial charge in [0.15, 0.2) is 0 Å². The van der Waals surface area contributed by atoms with Gasteiger partial charge in [-0.1, -0.05) is 30.3 Å². The van der Waals surface area contributed by atoms with Crippen molar-refractivity contribution >= 4 is 0 Å². The summed E-state index contributed by atoms with van der Waals surface area (Å²) >= 11 is 0. The highest BCUT2D eigenvalue weighted by molar-refractivity contribution is 5.15. The number of ether oxygens (including phenoxy) is 1. The first kappa shape index (κ1) is 15.9. The van der Waals surface area contributed by atoms with E-state index in [1.165, 1.54) is 0 Å². The topological polar surface area (TPSA) is 47.3 Å². The number of nitrogens with one attached hydrogen (secondary N) is 1. The van der Waals surface area contributed by atoms with Crippen LogP contribution in [0.15, 0.2) is 30.3 Å². The fraction of sp³-hybridized carbons (Fsp3) is 0.500. The summed E-state index contributed by atoms with van der Waals surface area (Å²) in [6.07, 6.45) is -3.27. The highest BCUT2D eigenvalue weighted by atomic mass is 19.3. The van der Waals surface area contributed by atoms with Gasteiger partial charge in [0.25, 0.3) is 0 Å². The molecule has 0 heterocycles. The van der Waals surface area contributed by atoms with Crippen LogP contribution in [0.2, 0.25) is 0 Å². The summed E-state index contributed by atoms with van der Waals surface area (Å²) in [5.41, 5.74) is 3.35. The van der Waals surface area contributed by atoms with Gasteiger partial charge in [-0.2, -0.15) is 8.78 Å². The van der Waals surface area contributed by atoms with E-state index in [0.29, 0.717) is 6.42 Å². The first-order chi connectivity index (χ1) is 8.95. The standard InChI is InChI=1S/C12H16F4N2O/c13-11(14)12(15,16)8-19-7-10(18-17)6-9-4-2-1-3-5-9/h1-5,10-11,18H,6-8,17H2. The molecule has 0 bridgehead atoms. The SMILES string of the molecule is NNC(COCC(F)(F)C(F)F)Cc1ccccc1. The summed E-state index contributed by atoms with van der Waals surface area (Å²) in [5, 5.41) is 0. The lowest BCUT2D eigenvalue weighted by Crippen LogP contribution is -2.42. The quantitative estimate of drug-likeness (QED) is 0.435. The number of alkyl halides is 4. The molecule has 0 aliphatic carbocycles. The molecule has 1 atom stereocenters. The monoisotopic (exact) mass is 280 g/mol. The van der Waals surface area contributed by atoms with Crippen LogP contribution in [0.3, 0.4) is 0 Å². The molecule has 0 aliphatic heterocycles. The third kappa shape index (κ3) is 5.54. The van der Waals surface area contributed by atoms with Crippen molar-refractivity contribution in [2.75, 3.05) is 13.2 Å². The molecule has 108 valence electrons. The Labute approximate surface area is 108 Å². The summed E-state index contributed by atoms with van der Waals surface area (Å²) in [6.45, 7) is -1.49. The largest absolute Gasteiger partial charge is 0.373 e. The van der Waals surface area contributed by atoms with Crippen LogP contribution in [0.1, 0.15) is 5.56 Å². The smallest absolute Gasteiger partial charge is 0.330 e. The van der Waals surface area contributed by atoms with Crippen LogP contribution in [0.4, 0.5) is 17.6 Å². The minimum atomic E-state index is -4.13. The molecule has 0 fully saturated rings. The van der Waals surface area contributed by atoms with Gasteiger partial charge in [-0.15, -0.1) is 0 Å². The van der Waals surface area contributed by atoms with Crippen LogP contribution in [-0.2, 0) is 11.2 Å². The minimum absolute atomic E-state index is 0.173. The van der Waals surface area contributed by atoms with Crippen LogP contribution >= 0.6 is 0 Å². The highest BCUT2D eigenvalue weighted by Crippen LogP contribution is 2.22. The summed E-state index contributed by atoms with van der Waals surface area (Å²) in [7, 11) is 0. The second kappa shape index (κ2) is 7.42. The predicted octanol–water partition coefficient (Wildman–Crippen LogP) is 1.98. The fourth-order valence-corrected chi connectivity index (χ4v) is 1.46. The molecule has 0 saturated carbocycles. The lowest BCUT2D eigenvalue weighted by Gasteiger charge is -2.19. The molecule has 0 aliphatic rings. The predicted molar refractivity (Wildman–Crippen MR) is 63.0 cm³/mol. The van der Waals surface area contributed by atoms with Gasteiger partial charge in [-0.25, -0.2) is 8.78 Å². The number of hydrogen-bond acceptors (Lipinski definition) is 3. The van der Waals surface area contributed by atoms with Gasteiger partial charge in [0.05, 0.1) is 6.61 Å². The third-order valence-electron chi connectivity index (χ3n) is 2.49. The maximum absolute atomic E-state index is 12.6. The molecule has 0 amide bonds. The van der Waals surface area contributed by atoms with E-state index in [1.54, 1.807) is 0 Å². The third-order valence-corrected chi connectivity index (χ3v) is 2.49. The molecule has 1 aromatic carbocycles. The minimum Gasteiger partial charge on any atom is -0.373 e. The van der Waals surface area contributed by atoms with Crippen molar-refractivity contribution in [2.24, 2.45) is 5.84 Å². The van der Waals surface area contributed by atoms with E-state index in [4.69, 9.17) is 5.84 Å². The number of hydrazine groups is 1. The molecule has 0 radical (unpaired) electrons. The van der Waals surface area contributed by atoms with Gasteiger partial charge < -0.3 is 4.74 Å².